The van der Waals surface area contributed by atoms with Gasteiger partial charge < -0.3 is 10.2 Å². The van der Waals surface area contributed by atoms with Crippen LogP contribution in [-0.4, -0.2) is 56.1 Å². The van der Waals surface area contributed by atoms with Crippen LogP contribution >= 0.6 is 0 Å². The van der Waals surface area contributed by atoms with Crippen molar-refractivity contribution < 1.29 is 9.59 Å². The molecule has 9 heteroatoms. The number of pyridine rings is 1. The van der Waals surface area contributed by atoms with E-state index < -0.39 is 6.04 Å². The normalized spacial score (nSPS) is 23.2. The molecule has 1 saturated heterocycles. The second-order valence-electron chi connectivity index (χ2n) is 7.60. The standard InChI is InChI=1S/C19H24N6O3/c1-11-21-16(23-22-11)6-7-20-19(28)18-14-8-13(9-24(10-14)12(2)26)15-4-3-5-17(27)25(15)18/h3-5,13-14,18H,6-10H2,1-2H3,(H,20,28)(H,21,22,23)/t13-,14+,18-/m1/s1. The van der Waals surface area contributed by atoms with Gasteiger partial charge in [-0.05, 0) is 19.4 Å². The zero-order chi connectivity index (χ0) is 19.8. The van der Waals surface area contributed by atoms with E-state index in [2.05, 4.69) is 20.5 Å². The minimum absolute atomic E-state index is 0.000521. The minimum Gasteiger partial charge on any atom is -0.354 e. The molecule has 4 rings (SSSR count). The van der Waals surface area contributed by atoms with Gasteiger partial charge in [-0.2, -0.15) is 5.10 Å². The minimum atomic E-state index is -0.615. The quantitative estimate of drug-likeness (QED) is 0.779. The predicted octanol–water partition coefficient (Wildman–Crippen LogP) is 0.140. The summed E-state index contributed by atoms with van der Waals surface area (Å²) in [7, 11) is 0. The summed E-state index contributed by atoms with van der Waals surface area (Å²) < 4.78 is 1.63. The number of aromatic nitrogens is 4. The molecular weight excluding hydrogens is 360 g/mol. The van der Waals surface area contributed by atoms with Crippen molar-refractivity contribution in [2.45, 2.75) is 38.6 Å². The third kappa shape index (κ3) is 3.32. The molecule has 0 aromatic carbocycles. The molecule has 148 valence electrons. The summed E-state index contributed by atoms with van der Waals surface area (Å²) in [5.41, 5.74) is 0.660. The second kappa shape index (κ2) is 7.21. The molecule has 1 fully saturated rings. The summed E-state index contributed by atoms with van der Waals surface area (Å²) in [4.78, 5) is 43.6. The average Bonchev–Trinajstić information content (AvgIpc) is 3.07. The van der Waals surface area contributed by atoms with E-state index in [0.29, 0.717) is 31.9 Å². The smallest absolute Gasteiger partial charge is 0.251 e. The highest BCUT2D eigenvalue weighted by molar-refractivity contribution is 5.81. The van der Waals surface area contributed by atoms with E-state index >= 15 is 0 Å². The maximum Gasteiger partial charge on any atom is 0.251 e. The Morgan fingerprint density at radius 2 is 2.14 bits per heavy atom. The van der Waals surface area contributed by atoms with Gasteiger partial charge in [0.15, 0.2) is 5.82 Å². The first-order valence-electron chi connectivity index (χ1n) is 9.56. The van der Waals surface area contributed by atoms with Gasteiger partial charge in [0.25, 0.3) is 5.56 Å². The Balaban J connectivity index is 1.57. The van der Waals surface area contributed by atoms with Gasteiger partial charge in [0.2, 0.25) is 11.8 Å². The number of hydrogen-bond donors (Lipinski definition) is 2. The fraction of sp³-hybridized carbons (Fsp3) is 0.526. The number of carbonyl (C=O) groups is 2. The number of aryl methyl sites for hydroxylation is 1. The van der Waals surface area contributed by atoms with Crippen LogP contribution in [0.4, 0.5) is 0 Å². The molecule has 2 aromatic rings. The second-order valence-corrected chi connectivity index (χ2v) is 7.60. The first-order valence-corrected chi connectivity index (χ1v) is 9.56. The highest BCUT2D eigenvalue weighted by Gasteiger charge is 2.44. The van der Waals surface area contributed by atoms with Crippen molar-refractivity contribution in [1.82, 2.24) is 30.0 Å². The zero-order valence-electron chi connectivity index (χ0n) is 16.0. The molecule has 2 N–H and O–H groups in total. The Morgan fingerprint density at radius 1 is 1.32 bits per heavy atom. The fourth-order valence-electron chi connectivity index (χ4n) is 4.43. The van der Waals surface area contributed by atoms with E-state index in [1.807, 2.05) is 13.0 Å². The zero-order valence-corrected chi connectivity index (χ0v) is 16.0. The molecule has 2 bridgehead atoms. The van der Waals surface area contributed by atoms with Crippen molar-refractivity contribution in [3.05, 3.63) is 45.9 Å². The van der Waals surface area contributed by atoms with Crippen LogP contribution in [0.1, 0.15) is 42.6 Å². The average molecular weight is 384 g/mol. The summed E-state index contributed by atoms with van der Waals surface area (Å²) in [5, 5.41) is 9.78. The lowest BCUT2D eigenvalue weighted by molar-refractivity contribution is -0.135. The summed E-state index contributed by atoms with van der Waals surface area (Å²) in [5.74, 6) is 1.17. The number of nitrogens with one attached hydrogen (secondary N) is 2. The predicted molar refractivity (Wildman–Crippen MR) is 101 cm³/mol. The lowest BCUT2D eigenvalue weighted by Crippen LogP contribution is -2.54. The van der Waals surface area contributed by atoms with E-state index in [-0.39, 0.29) is 29.2 Å². The molecule has 2 aromatic heterocycles. The summed E-state index contributed by atoms with van der Waals surface area (Å²) in [6.45, 7) is 4.84. The molecule has 2 amide bonds. The summed E-state index contributed by atoms with van der Waals surface area (Å²) in [6, 6.07) is 4.49. The Labute approximate surface area is 162 Å². The third-order valence-corrected chi connectivity index (χ3v) is 5.65. The van der Waals surface area contributed by atoms with E-state index in [4.69, 9.17) is 0 Å². The number of piperidine rings is 1. The number of H-pyrrole nitrogens is 1. The van der Waals surface area contributed by atoms with Crippen molar-refractivity contribution in [2.24, 2.45) is 5.92 Å². The van der Waals surface area contributed by atoms with Gasteiger partial charge in [0.05, 0.1) is 0 Å². The number of fused-ring (bicyclic) bond motifs is 4. The Kier molecular flexibility index (Phi) is 4.74. The molecule has 4 heterocycles. The van der Waals surface area contributed by atoms with E-state index in [1.165, 1.54) is 6.07 Å². The Bertz CT molecular complexity index is 965. The van der Waals surface area contributed by atoms with Crippen LogP contribution in [0.3, 0.4) is 0 Å². The number of rotatable bonds is 4. The largest absolute Gasteiger partial charge is 0.354 e. The molecule has 3 atom stereocenters. The Hall–Kier alpha value is -2.97. The van der Waals surface area contributed by atoms with Gasteiger partial charge in [-0.25, -0.2) is 4.98 Å². The van der Waals surface area contributed by atoms with Gasteiger partial charge in [0.1, 0.15) is 11.9 Å². The molecule has 9 nitrogen and oxygen atoms in total. The van der Waals surface area contributed by atoms with Crippen LogP contribution < -0.4 is 10.9 Å². The van der Waals surface area contributed by atoms with Crippen molar-refractivity contribution in [3.63, 3.8) is 0 Å². The lowest BCUT2D eigenvalue weighted by Gasteiger charge is -2.46. The summed E-state index contributed by atoms with van der Waals surface area (Å²) >= 11 is 0. The number of aromatic amines is 1. The molecular formula is C19H24N6O3. The van der Waals surface area contributed by atoms with Crippen molar-refractivity contribution in [2.75, 3.05) is 19.6 Å². The molecule has 0 unspecified atom stereocenters. The highest BCUT2D eigenvalue weighted by atomic mass is 16.2. The Morgan fingerprint density at radius 3 is 2.86 bits per heavy atom. The van der Waals surface area contributed by atoms with Crippen LogP contribution in [0, 0.1) is 12.8 Å². The maximum absolute atomic E-state index is 13.1. The molecule has 2 aliphatic heterocycles. The number of nitrogens with zero attached hydrogens (tertiary/aromatic N) is 4. The van der Waals surface area contributed by atoms with Crippen molar-refractivity contribution >= 4 is 11.8 Å². The van der Waals surface area contributed by atoms with E-state index in [9.17, 15) is 14.4 Å². The van der Waals surface area contributed by atoms with Gasteiger partial charge in [-0.1, -0.05) is 6.07 Å². The molecule has 0 saturated carbocycles. The maximum atomic E-state index is 13.1. The monoisotopic (exact) mass is 384 g/mol. The molecule has 28 heavy (non-hydrogen) atoms. The highest BCUT2D eigenvalue weighted by Crippen LogP contribution is 2.41. The number of amides is 2. The third-order valence-electron chi connectivity index (χ3n) is 5.65. The van der Waals surface area contributed by atoms with Gasteiger partial charge in [-0.3, -0.25) is 24.0 Å². The van der Waals surface area contributed by atoms with Crippen LogP contribution in [0.15, 0.2) is 23.0 Å². The molecule has 0 spiro atoms. The van der Waals surface area contributed by atoms with Crippen LogP contribution in [0.2, 0.25) is 0 Å². The van der Waals surface area contributed by atoms with Gasteiger partial charge in [0, 0.05) is 56.6 Å². The number of likely N-dealkylation sites (tertiary alicyclic amines) is 1. The molecule has 0 aliphatic carbocycles. The molecule has 2 aliphatic rings. The summed E-state index contributed by atoms with van der Waals surface area (Å²) in [6.07, 6.45) is 1.30. The van der Waals surface area contributed by atoms with Crippen molar-refractivity contribution in [1.29, 1.82) is 0 Å². The van der Waals surface area contributed by atoms with Crippen LogP contribution in [0.5, 0.6) is 0 Å². The van der Waals surface area contributed by atoms with Crippen LogP contribution in [0.25, 0.3) is 0 Å². The van der Waals surface area contributed by atoms with Crippen LogP contribution in [-0.2, 0) is 16.0 Å². The first kappa shape index (κ1) is 18.4. The topological polar surface area (TPSA) is 113 Å². The fourth-order valence-corrected chi connectivity index (χ4v) is 4.43. The SMILES string of the molecule is CC(=O)N1C[C@H]2C[C@@H](C1)[C@H](C(=O)NCCc1n[nH]c(C)n1)n1c2cccc1=O. The van der Waals surface area contributed by atoms with Gasteiger partial charge >= 0.3 is 0 Å². The number of carbonyl (C=O) groups excluding carboxylic acids is 2. The van der Waals surface area contributed by atoms with E-state index in [0.717, 1.165) is 17.9 Å². The molecule has 0 radical (unpaired) electrons. The lowest BCUT2D eigenvalue weighted by atomic mass is 9.78. The number of hydrogen-bond acceptors (Lipinski definition) is 5. The van der Waals surface area contributed by atoms with Crippen molar-refractivity contribution in [3.8, 4) is 0 Å². The first-order chi connectivity index (χ1) is 13.4. The van der Waals surface area contributed by atoms with Gasteiger partial charge in [-0.15, -0.1) is 0 Å². The van der Waals surface area contributed by atoms with E-state index in [1.54, 1.807) is 22.5 Å².